The van der Waals surface area contributed by atoms with Crippen molar-refractivity contribution >= 4 is 31.9 Å². The summed E-state index contributed by atoms with van der Waals surface area (Å²) in [6, 6.07) is 0. The van der Waals surface area contributed by atoms with E-state index < -0.39 is 15.5 Å². The fraction of sp³-hybridized carbons (Fsp3) is 0.636. The van der Waals surface area contributed by atoms with Crippen molar-refractivity contribution in [2.45, 2.75) is 18.3 Å². The van der Waals surface area contributed by atoms with E-state index in [2.05, 4.69) is 31.2 Å². The van der Waals surface area contributed by atoms with Gasteiger partial charge in [0, 0.05) is 32.0 Å². The Bertz CT molecular complexity index is 601. The predicted octanol–water partition coefficient (Wildman–Crippen LogP) is 2.21. The molecule has 1 N–H and O–H groups in total. The van der Waals surface area contributed by atoms with Gasteiger partial charge in [0.25, 0.3) is 0 Å². The van der Waals surface area contributed by atoms with Crippen LogP contribution in [-0.2, 0) is 10.0 Å². The number of aromatic nitrogens is 2. The molecule has 124 valence electrons. The third-order valence-corrected chi connectivity index (χ3v) is 5.41. The van der Waals surface area contributed by atoms with Crippen LogP contribution in [0.5, 0.6) is 0 Å². The first-order valence-electron chi connectivity index (χ1n) is 6.48. The molecule has 0 spiro atoms. The van der Waals surface area contributed by atoms with Crippen molar-refractivity contribution in [2.75, 3.05) is 25.0 Å². The normalized spacial score (nSPS) is 18.4. The van der Waals surface area contributed by atoms with Crippen LogP contribution >= 0.6 is 15.9 Å². The number of hydrogen-bond donors (Lipinski definition) is 1. The number of nitrogens with zero attached hydrogens (tertiary/aromatic N) is 3. The van der Waals surface area contributed by atoms with Gasteiger partial charge in [-0.25, -0.2) is 18.4 Å². The summed E-state index contributed by atoms with van der Waals surface area (Å²) >= 11 is 3.21. The number of alkyl halides is 3. The molecule has 1 aromatic rings. The minimum Gasteiger partial charge on any atom is -0.354 e. The van der Waals surface area contributed by atoms with Gasteiger partial charge in [0.05, 0.1) is 4.47 Å². The monoisotopic (exact) mass is 402 g/mol. The van der Waals surface area contributed by atoms with Gasteiger partial charge in [0.15, 0.2) is 0 Å². The second-order valence-corrected chi connectivity index (χ2v) is 7.74. The third-order valence-electron chi connectivity index (χ3n) is 3.38. The standard InChI is InChI=1S/C11H14BrF3N4O2S/c12-9-6-17-10(18-7-9)16-5-8-1-3-19(4-2-8)22(20,21)11(13,14)15/h6-8H,1-5H2,(H,16,17,18). The molecule has 0 aromatic carbocycles. The van der Waals surface area contributed by atoms with Gasteiger partial charge in [0.1, 0.15) is 0 Å². The maximum absolute atomic E-state index is 12.5. The summed E-state index contributed by atoms with van der Waals surface area (Å²) in [7, 11) is -5.21. The van der Waals surface area contributed by atoms with Crippen molar-refractivity contribution in [3.05, 3.63) is 16.9 Å². The Balaban J connectivity index is 1.84. The summed E-state index contributed by atoms with van der Waals surface area (Å²) in [5.41, 5.74) is -5.23. The Morgan fingerprint density at radius 2 is 1.82 bits per heavy atom. The molecule has 2 heterocycles. The number of halogens is 4. The summed E-state index contributed by atoms with van der Waals surface area (Å²) in [6.07, 6.45) is 3.87. The summed E-state index contributed by atoms with van der Waals surface area (Å²) < 4.78 is 61.2. The maximum atomic E-state index is 12.5. The van der Waals surface area contributed by atoms with Crippen molar-refractivity contribution in [1.29, 1.82) is 0 Å². The van der Waals surface area contributed by atoms with Gasteiger partial charge >= 0.3 is 15.5 Å². The van der Waals surface area contributed by atoms with Crippen LogP contribution in [-0.4, -0.2) is 47.8 Å². The minimum absolute atomic E-state index is 0.0759. The lowest BCUT2D eigenvalue weighted by molar-refractivity contribution is -0.0496. The van der Waals surface area contributed by atoms with Crippen LogP contribution in [0, 0.1) is 5.92 Å². The lowest BCUT2D eigenvalue weighted by atomic mass is 9.98. The highest BCUT2D eigenvalue weighted by molar-refractivity contribution is 9.10. The van der Waals surface area contributed by atoms with Crippen LogP contribution in [0.2, 0.25) is 0 Å². The molecule has 6 nitrogen and oxygen atoms in total. The number of piperidine rings is 1. The summed E-state index contributed by atoms with van der Waals surface area (Å²) in [4.78, 5) is 8.05. The van der Waals surface area contributed by atoms with Gasteiger partial charge in [-0.05, 0) is 34.7 Å². The zero-order valence-corrected chi connectivity index (χ0v) is 13.7. The SMILES string of the molecule is O=S(=O)(N1CCC(CNc2ncc(Br)cn2)CC1)C(F)(F)F. The van der Waals surface area contributed by atoms with E-state index in [4.69, 9.17) is 0 Å². The van der Waals surface area contributed by atoms with E-state index in [0.717, 1.165) is 4.47 Å². The van der Waals surface area contributed by atoms with Crippen molar-refractivity contribution in [3.63, 3.8) is 0 Å². The molecule has 0 aliphatic carbocycles. The van der Waals surface area contributed by atoms with Gasteiger partial charge in [-0.1, -0.05) is 0 Å². The molecule has 1 aliphatic rings. The number of anilines is 1. The van der Waals surface area contributed by atoms with E-state index in [0.29, 0.717) is 29.6 Å². The van der Waals surface area contributed by atoms with E-state index >= 15 is 0 Å². The molecule has 1 saturated heterocycles. The largest absolute Gasteiger partial charge is 0.511 e. The van der Waals surface area contributed by atoms with Gasteiger partial charge in [-0.15, -0.1) is 0 Å². The molecule has 0 saturated carbocycles. The highest BCUT2D eigenvalue weighted by Crippen LogP contribution is 2.30. The Morgan fingerprint density at radius 1 is 1.27 bits per heavy atom. The molecular weight excluding hydrogens is 389 g/mol. The maximum Gasteiger partial charge on any atom is 0.511 e. The molecule has 0 atom stereocenters. The quantitative estimate of drug-likeness (QED) is 0.835. The highest BCUT2D eigenvalue weighted by atomic mass is 79.9. The average molecular weight is 403 g/mol. The smallest absolute Gasteiger partial charge is 0.354 e. The number of rotatable bonds is 4. The van der Waals surface area contributed by atoms with E-state index in [1.807, 2.05) is 0 Å². The average Bonchev–Trinajstić information content (AvgIpc) is 2.46. The second kappa shape index (κ2) is 6.67. The molecule has 2 rings (SSSR count). The van der Waals surface area contributed by atoms with Crippen molar-refractivity contribution in [2.24, 2.45) is 5.92 Å². The molecule has 1 aromatic heterocycles. The third kappa shape index (κ3) is 4.07. The topological polar surface area (TPSA) is 75.2 Å². The zero-order valence-electron chi connectivity index (χ0n) is 11.3. The van der Waals surface area contributed by atoms with Gasteiger partial charge < -0.3 is 5.32 Å². The fourth-order valence-electron chi connectivity index (χ4n) is 2.14. The van der Waals surface area contributed by atoms with Crippen LogP contribution in [0.15, 0.2) is 16.9 Å². The molecule has 0 radical (unpaired) electrons. The molecule has 22 heavy (non-hydrogen) atoms. The Kier molecular flexibility index (Phi) is 5.28. The highest BCUT2D eigenvalue weighted by Gasteiger charge is 2.50. The molecule has 0 unspecified atom stereocenters. The molecule has 1 fully saturated rings. The van der Waals surface area contributed by atoms with Gasteiger partial charge in [-0.2, -0.15) is 17.5 Å². The van der Waals surface area contributed by atoms with E-state index in [-0.39, 0.29) is 19.0 Å². The molecule has 11 heteroatoms. The predicted molar refractivity (Wildman–Crippen MR) is 77.5 cm³/mol. The second-order valence-electron chi connectivity index (χ2n) is 4.90. The van der Waals surface area contributed by atoms with Crippen LogP contribution in [0.1, 0.15) is 12.8 Å². The van der Waals surface area contributed by atoms with Crippen molar-refractivity contribution in [3.8, 4) is 0 Å². The van der Waals surface area contributed by atoms with Gasteiger partial charge in [0.2, 0.25) is 5.95 Å². The van der Waals surface area contributed by atoms with E-state index in [1.54, 1.807) is 12.4 Å². The number of hydrogen-bond acceptors (Lipinski definition) is 5. The van der Waals surface area contributed by atoms with Crippen LogP contribution in [0.4, 0.5) is 19.1 Å². The van der Waals surface area contributed by atoms with Crippen molar-refractivity contribution < 1.29 is 21.6 Å². The zero-order chi connectivity index (χ0) is 16.4. The van der Waals surface area contributed by atoms with Crippen LogP contribution in [0.25, 0.3) is 0 Å². The minimum atomic E-state index is -5.23. The van der Waals surface area contributed by atoms with Gasteiger partial charge in [-0.3, -0.25) is 0 Å². The molecule has 0 amide bonds. The molecule has 1 aliphatic heterocycles. The van der Waals surface area contributed by atoms with Crippen LogP contribution < -0.4 is 5.32 Å². The van der Waals surface area contributed by atoms with Crippen molar-refractivity contribution in [1.82, 2.24) is 14.3 Å². The lowest BCUT2D eigenvalue weighted by Crippen LogP contribution is -2.45. The number of sulfonamides is 1. The summed E-state index contributed by atoms with van der Waals surface area (Å²) in [5.74, 6) is 0.500. The first-order valence-corrected chi connectivity index (χ1v) is 8.71. The molecule has 0 bridgehead atoms. The summed E-state index contributed by atoms with van der Waals surface area (Å²) in [5, 5.41) is 2.99. The Morgan fingerprint density at radius 3 is 2.32 bits per heavy atom. The number of nitrogens with one attached hydrogen (secondary N) is 1. The lowest BCUT2D eigenvalue weighted by Gasteiger charge is -2.31. The first kappa shape index (κ1) is 17.4. The fourth-order valence-corrected chi connectivity index (χ4v) is 3.33. The Hall–Kier alpha value is -0.940. The van der Waals surface area contributed by atoms with Crippen LogP contribution in [0.3, 0.4) is 0 Å². The van der Waals surface area contributed by atoms with E-state index in [9.17, 15) is 21.6 Å². The molecular formula is C11H14BrF3N4O2S. The first-order chi connectivity index (χ1) is 10.2. The van der Waals surface area contributed by atoms with E-state index in [1.165, 1.54) is 0 Å². The Labute approximate surface area is 134 Å². The summed E-state index contributed by atoms with van der Waals surface area (Å²) in [6.45, 7) is 0.228.